The van der Waals surface area contributed by atoms with Crippen LogP contribution < -0.4 is 14.4 Å². The largest absolute Gasteiger partial charge is 0.507 e. The Labute approximate surface area is 201 Å². The van der Waals surface area contributed by atoms with Gasteiger partial charge in [0, 0.05) is 17.1 Å². The molecule has 2 N–H and O–H groups in total. The van der Waals surface area contributed by atoms with Crippen molar-refractivity contribution in [1.29, 1.82) is 0 Å². The molecule has 170 valence electrons. The molecular formula is C23H19BrN2O6S. The zero-order valence-corrected chi connectivity index (χ0v) is 20.0. The van der Waals surface area contributed by atoms with Crippen LogP contribution >= 0.6 is 27.3 Å². The minimum absolute atomic E-state index is 0.108. The summed E-state index contributed by atoms with van der Waals surface area (Å²) in [5.74, 6) is -1.49. The van der Waals surface area contributed by atoms with Crippen LogP contribution in [0.15, 0.2) is 58.0 Å². The highest BCUT2D eigenvalue weighted by atomic mass is 79.9. The molecule has 1 fully saturated rings. The molecule has 1 aliphatic heterocycles. The molecule has 2 aromatic carbocycles. The number of Topliss-reactive ketones (excluding diaryl/α,β-unsaturated/α-hetero) is 1. The number of carbonyl (C=O) groups excluding carboxylic acids is 2. The monoisotopic (exact) mass is 530 g/mol. The lowest BCUT2D eigenvalue weighted by Crippen LogP contribution is -2.29. The lowest BCUT2D eigenvalue weighted by molar-refractivity contribution is -0.132. The van der Waals surface area contributed by atoms with Crippen LogP contribution in [0.1, 0.15) is 24.1 Å². The fourth-order valence-corrected chi connectivity index (χ4v) is 4.77. The van der Waals surface area contributed by atoms with Gasteiger partial charge in [0.25, 0.3) is 5.78 Å². The Balaban J connectivity index is 1.96. The lowest BCUT2D eigenvalue weighted by Gasteiger charge is -2.24. The first-order valence-corrected chi connectivity index (χ1v) is 11.5. The molecule has 0 spiro atoms. The first-order valence-electron chi connectivity index (χ1n) is 9.87. The van der Waals surface area contributed by atoms with Crippen molar-refractivity contribution in [1.82, 2.24) is 4.98 Å². The van der Waals surface area contributed by atoms with Gasteiger partial charge in [-0.3, -0.25) is 14.5 Å². The summed E-state index contributed by atoms with van der Waals surface area (Å²) in [6, 6.07) is 8.72. The van der Waals surface area contributed by atoms with Crippen LogP contribution in [0.4, 0.5) is 5.13 Å². The maximum atomic E-state index is 13.2. The van der Waals surface area contributed by atoms with Gasteiger partial charge in [0.1, 0.15) is 11.5 Å². The fraction of sp³-hybridized carbons (Fsp3) is 0.174. The maximum absolute atomic E-state index is 13.2. The lowest BCUT2D eigenvalue weighted by atomic mass is 9.95. The number of hydrogen-bond acceptors (Lipinski definition) is 8. The minimum Gasteiger partial charge on any atom is -0.507 e. The van der Waals surface area contributed by atoms with Crippen molar-refractivity contribution in [2.45, 2.75) is 13.0 Å². The number of ether oxygens (including phenoxy) is 2. The predicted octanol–water partition coefficient (Wildman–Crippen LogP) is 4.64. The highest BCUT2D eigenvalue weighted by Gasteiger charge is 2.48. The van der Waals surface area contributed by atoms with Gasteiger partial charge in [-0.1, -0.05) is 12.1 Å². The van der Waals surface area contributed by atoms with Crippen molar-refractivity contribution in [2.24, 2.45) is 0 Å². The fourth-order valence-electron chi connectivity index (χ4n) is 3.64. The van der Waals surface area contributed by atoms with Crippen LogP contribution in [0.2, 0.25) is 0 Å². The van der Waals surface area contributed by atoms with Crippen LogP contribution in [-0.2, 0) is 9.59 Å². The Bertz CT molecular complexity index is 1260. The van der Waals surface area contributed by atoms with Crippen molar-refractivity contribution in [3.63, 3.8) is 0 Å². The van der Waals surface area contributed by atoms with Gasteiger partial charge in [-0.2, -0.15) is 0 Å². The van der Waals surface area contributed by atoms with Gasteiger partial charge in [0.2, 0.25) is 0 Å². The van der Waals surface area contributed by atoms with Crippen molar-refractivity contribution in [3.05, 3.63) is 69.1 Å². The third kappa shape index (κ3) is 4.07. The van der Waals surface area contributed by atoms with Crippen molar-refractivity contribution in [2.75, 3.05) is 18.6 Å². The summed E-state index contributed by atoms with van der Waals surface area (Å²) in [6.07, 6.45) is 1.52. The molecule has 1 amide bonds. The predicted molar refractivity (Wildman–Crippen MR) is 127 cm³/mol. The summed E-state index contributed by atoms with van der Waals surface area (Å²) in [5, 5.41) is 23.4. The van der Waals surface area contributed by atoms with E-state index in [-0.39, 0.29) is 22.8 Å². The van der Waals surface area contributed by atoms with Gasteiger partial charge in [-0.25, -0.2) is 4.98 Å². The van der Waals surface area contributed by atoms with Gasteiger partial charge in [-0.15, -0.1) is 11.3 Å². The third-order valence-electron chi connectivity index (χ3n) is 5.07. The van der Waals surface area contributed by atoms with Gasteiger partial charge in [0.05, 0.1) is 29.8 Å². The van der Waals surface area contributed by atoms with Gasteiger partial charge in [-0.05, 0) is 52.7 Å². The zero-order valence-electron chi connectivity index (χ0n) is 17.6. The van der Waals surface area contributed by atoms with Crippen LogP contribution in [-0.4, -0.2) is 40.6 Å². The summed E-state index contributed by atoms with van der Waals surface area (Å²) >= 11 is 4.47. The zero-order chi connectivity index (χ0) is 23.7. The van der Waals surface area contributed by atoms with Crippen molar-refractivity contribution in [3.8, 4) is 17.2 Å². The molecule has 0 radical (unpaired) electrons. The van der Waals surface area contributed by atoms with Crippen molar-refractivity contribution < 1.29 is 29.3 Å². The summed E-state index contributed by atoms with van der Waals surface area (Å²) in [6.45, 7) is 2.27. The van der Waals surface area contributed by atoms with Crippen LogP contribution in [0, 0.1) is 0 Å². The molecule has 8 nitrogen and oxygen atoms in total. The number of halogens is 1. The smallest absolute Gasteiger partial charge is 0.301 e. The van der Waals surface area contributed by atoms with E-state index in [2.05, 4.69) is 20.9 Å². The Kier molecular flexibility index (Phi) is 6.39. The van der Waals surface area contributed by atoms with Gasteiger partial charge < -0.3 is 19.7 Å². The molecule has 2 heterocycles. The molecule has 1 atom stereocenters. The number of phenols is 1. The highest BCUT2D eigenvalue weighted by molar-refractivity contribution is 9.10. The number of aromatic hydroxyl groups is 1. The third-order valence-corrected chi connectivity index (χ3v) is 6.45. The van der Waals surface area contributed by atoms with E-state index < -0.39 is 17.7 Å². The van der Waals surface area contributed by atoms with E-state index in [1.54, 1.807) is 35.7 Å². The molecule has 1 unspecified atom stereocenters. The molecule has 0 aliphatic carbocycles. The molecular weight excluding hydrogens is 512 g/mol. The summed E-state index contributed by atoms with van der Waals surface area (Å²) in [4.78, 5) is 31.7. The number of carbonyl (C=O) groups is 2. The van der Waals surface area contributed by atoms with E-state index >= 15 is 0 Å². The highest BCUT2D eigenvalue weighted by Crippen LogP contribution is 2.46. The summed E-state index contributed by atoms with van der Waals surface area (Å²) in [5.41, 5.74) is 0.657. The number of benzene rings is 2. The molecule has 33 heavy (non-hydrogen) atoms. The molecule has 1 aromatic heterocycles. The molecule has 0 saturated carbocycles. The second-order valence-electron chi connectivity index (χ2n) is 7.00. The standard InChI is InChI=1S/C23H19BrN2O6S/c1-3-32-14-6-4-5-12(9-14)19(27)17-18(13-10-15(24)20(28)16(11-13)31-2)26(22(30)21(17)29)23-25-7-8-33-23/h4-11,18,27-28H,3H2,1-2H3. The second-order valence-corrected chi connectivity index (χ2v) is 8.73. The average Bonchev–Trinajstić information content (AvgIpc) is 3.42. The first kappa shape index (κ1) is 22.8. The number of anilines is 1. The number of nitrogens with zero attached hydrogens (tertiary/aromatic N) is 2. The molecule has 1 aliphatic rings. The Morgan fingerprint density at radius 2 is 2.06 bits per heavy atom. The molecule has 4 rings (SSSR count). The second kappa shape index (κ2) is 9.24. The van der Waals surface area contributed by atoms with E-state index in [9.17, 15) is 19.8 Å². The van der Waals surface area contributed by atoms with E-state index in [1.807, 2.05) is 6.92 Å². The van der Waals surface area contributed by atoms with Crippen LogP contribution in [0.3, 0.4) is 0 Å². The molecule has 3 aromatic rings. The quantitative estimate of drug-likeness (QED) is 0.271. The van der Waals surface area contributed by atoms with Gasteiger partial charge >= 0.3 is 5.91 Å². The number of methoxy groups -OCH3 is 1. The molecule has 10 heteroatoms. The normalized spacial score (nSPS) is 17.4. The van der Waals surface area contributed by atoms with Crippen molar-refractivity contribution >= 4 is 49.8 Å². The molecule has 1 saturated heterocycles. The number of aromatic nitrogens is 1. The SMILES string of the molecule is CCOc1cccc(C(O)=C2C(=O)C(=O)N(c3nccs3)C2c2cc(Br)c(O)c(OC)c2)c1. The first-order chi connectivity index (χ1) is 15.9. The number of rotatable bonds is 6. The Morgan fingerprint density at radius 1 is 1.27 bits per heavy atom. The van der Waals surface area contributed by atoms with E-state index in [4.69, 9.17) is 9.47 Å². The van der Waals surface area contributed by atoms with Crippen LogP contribution in [0.25, 0.3) is 5.76 Å². The van der Waals surface area contributed by atoms with E-state index in [1.165, 1.54) is 35.6 Å². The Hall–Kier alpha value is -3.37. The van der Waals surface area contributed by atoms with Gasteiger partial charge in [0.15, 0.2) is 16.6 Å². The molecule has 0 bridgehead atoms. The number of amides is 1. The van der Waals surface area contributed by atoms with E-state index in [0.717, 1.165) is 0 Å². The maximum Gasteiger partial charge on any atom is 0.301 e. The number of aliphatic hydroxyl groups excluding tert-OH is 1. The number of phenolic OH excluding ortho intramolecular Hbond substituents is 1. The Morgan fingerprint density at radius 3 is 2.73 bits per heavy atom. The summed E-state index contributed by atoms with van der Waals surface area (Å²) < 4.78 is 11.1. The number of ketones is 1. The summed E-state index contributed by atoms with van der Waals surface area (Å²) in [7, 11) is 1.39. The van der Waals surface area contributed by atoms with Crippen LogP contribution in [0.5, 0.6) is 17.2 Å². The number of aliphatic hydroxyl groups is 1. The average molecular weight is 531 g/mol. The number of hydrogen-bond donors (Lipinski definition) is 2. The topological polar surface area (TPSA) is 109 Å². The number of thiazole rings is 1. The van der Waals surface area contributed by atoms with E-state index in [0.29, 0.717) is 33.1 Å². The minimum atomic E-state index is -1.00.